The Hall–Kier alpha value is -2.73. The summed E-state index contributed by atoms with van der Waals surface area (Å²) in [5.41, 5.74) is 3.66. The van der Waals surface area contributed by atoms with Crippen molar-refractivity contribution in [2.45, 2.75) is 27.3 Å². The molecule has 0 unspecified atom stereocenters. The zero-order valence-electron chi connectivity index (χ0n) is 17.0. The van der Waals surface area contributed by atoms with Crippen LogP contribution in [-0.4, -0.2) is 48.3 Å². The van der Waals surface area contributed by atoms with Gasteiger partial charge in [0.25, 0.3) is 0 Å². The molecule has 0 bridgehead atoms. The van der Waals surface area contributed by atoms with Gasteiger partial charge in [0.15, 0.2) is 0 Å². The molecule has 6 heteroatoms. The molecule has 28 heavy (non-hydrogen) atoms. The standard InChI is InChI=1S/C22H28FN3O2/c1-5-26(13-18-9-7-10-19(23)12-18)22(28)15-25(4)14-21(27)24-20-11-6-8-16(2)17(20)3/h6-12H,5,13-15H2,1-4H3,(H,24,27). The maximum atomic E-state index is 13.4. The smallest absolute Gasteiger partial charge is 0.238 e. The number of nitrogens with one attached hydrogen (secondary N) is 1. The first-order valence-corrected chi connectivity index (χ1v) is 9.37. The average molecular weight is 385 g/mol. The van der Waals surface area contributed by atoms with Crippen molar-refractivity contribution in [2.75, 3.05) is 32.0 Å². The van der Waals surface area contributed by atoms with Gasteiger partial charge in [0.1, 0.15) is 5.82 Å². The van der Waals surface area contributed by atoms with Gasteiger partial charge in [-0.2, -0.15) is 0 Å². The maximum absolute atomic E-state index is 13.4. The van der Waals surface area contributed by atoms with E-state index in [2.05, 4.69) is 5.32 Å². The van der Waals surface area contributed by atoms with Crippen molar-refractivity contribution in [3.05, 3.63) is 65.0 Å². The van der Waals surface area contributed by atoms with Crippen molar-refractivity contribution >= 4 is 17.5 Å². The van der Waals surface area contributed by atoms with E-state index in [1.807, 2.05) is 39.0 Å². The van der Waals surface area contributed by atoms with E-state index in [0.29, 0.717) is 13.1 Å². The monoisotopic (exact) mass is 385 g/mol. The largest absolute Gasteiger partial charge is 0.338 e. The van der Waals surface area contributed by atoms with E-state index in [1.165, 1.54) is 12.1 Å². The van der Waals surface area contributed by atoms with E-state index in [1.54, 1.807) is 29.0 Å². The second kappa shape index (κ2) is 9.99. The van der Waals surface area contributed by atoms with Gasteiger partial charge in [-0.25, -0.2) is 4.39 Å². The van der Waals surface area contributed by atoms with Crippen molar-refractivity contribution in [3.63, 3.8) is 0 Å². The molecule has 0 heterocycles. The van der Waals surface area contributed by atoms with Crippen molar-refractivity contribution in [1.82, 2.24) is 9.80 Å². The molecule has 0 radical (unpaired) electrons. The lowest BCUT2D eigenvalue weighted by Gasteiger charge is -2.24. The molecule has 0 aromatic heterocycles. The van der Waals surface area contributed by atoms with E-state index in [-0.39, 0.29) is 30.7 Å². The van der Waals surface area contributed by atoms with Gasteiger partial charge in [0, 0.05) is 18.8 Å². The molecule has 0 spiro atoms. The van der Waals surface area contributed by atoms with Gasteiger partial charge in [0.2, 0.25) is 11.8 Å². The van der Waals surface area contributed by atoms with E-state index in [9.17, 15) is 14.0 Å². The van der Waals surface area contributed by atoms with Gasteiger partial charge in [0.05, 0.1) is 13.1 Å². The molecule has 0 saturated heterocycles. The Morgan fingerprint density at radius 2 is 1.79 bits per heavy atom. The quantitative estimate of drug-likeness (QED) is 0.758. The van der Waals surface area contributed by atoms with Gasteiger partial charge in [-0.3, -0.25) is 14.5 Å². The highest BCUT2D eigenvalue weighted by Gasteiger charge is 2.17. The van der Waals surface area contributed by atoms with Crippen molar-refractivity contribution in [3.8, 4) is 0 Å². The first kappa shape index (κ1) is 21.6. The molecule has 150 valence electrons. The minimum atomic E-state index is -0.318. The van der Waals surface area contributed by atoms with Gasteiger partial charge in [-0.1, -0.05) is 24.3 Å². The molecule has 0 aliphatic carbocycles. The first-order valence-electron chi connectivity index (χ1n) is 9.37. The minimum absolute atomic E-state index is 0.103. The summed E-state index contributed by atoms with van der Waals surface area (Å²) in [6.45, 7) is 6.91. The van der Waals surface area contributed by atoms with Crippen LogP contribution in [0.1, 0.15) is 23.6 Å². The molecule has 2 amide bonds. The third-order valence-corrected chi connectivity index (χ3v) is 4.69. The Bertz CT molecular complexity index is 838. The number of benzene rings is 2. The molecule has 0 aliphatic heterocycles. The van der Waals surface area contributed by atoms with Crippen LogP contribution < -0.4 is 5.32 Å². The number of halogens is 1. The summed E-state index contributed by atoms with van der Waals surface area (Å²) in [6, 6.07) is 12.0. The fourth-order valence-electron chi connectivity index (χ4n) is 2.94. The number of aryl methyl sites for hydroxylation is 1. The molecule has 0 saturated carbocycles. The van der Waals surface area contributed by atoms with Gasteiger partial charge < -0.3 is 10.2 Å². The Morgan fingerprint density at radius 3 is 2.46 bits per heavy atom. The van der Waals surface area contributed by atoms with Crippen molar-refractivity contribution in [1.29, 1.82) is 0 Å². The molecule has 2 aromatic carbocycles. The third-order valence-electron chi connectivity index (χ3n) is 4.69. The van der Waals surface area contributed by atoms with Crippen LogP contribution in [0.25, 0.3) is 0 Å². The second-order valence-corrected chi connectivity index (χ2v) is 7.01. The Morgan fingerprint density at radius 1 is 1.07 bits per heavy atom. The van der Waals surface area contributed by atoms with Crippen LogP contribution in [0.4, 0.5) is 10.1 Å². The predicted molar refractivity (Wildman–Crippen MR) is 110 cm³/mol. The third kappa shape index (κ3) is 6.16. The lowest BCUT2D eigenvalue weighted by Crippen LogP contribution is -2.41. The van der Waals surface area contributed by atoms with E-state index in [0.717, 1.165) is 22.4 Å². The number of likely N-dealkylation sites (N-methyl/N-ethyl adjacent to an activating group) is 2. The topological polar surface area (TPSA) is 52.7 Å². The van der Waals surface area contributed by atoms with Crippen molar-refractivity contribution < 1.29 is 14.0 Å². The van der Waals surface area contributed by atoms with Crippen LogP contribution >= 0.6 is 0 Å². The number of nitrogens with zero attached hydrogens (tertiary/aromatic N) is 2. The Kier molecular flexibility index (Phi) is 7.70. The van der Waals surface area contributed by atoms with Crippen LogP contribution in [0.2, 0.25) is 0 Å². The summed E-state index contributed by atoms with van der Waals surface area (Å²) < 4.78 is 13.4. The van der Waals surface area contributed by atoms with Crippen LogP contribution in [0.3, 0.4) is 0 Å². The summed E-state index contributed by atoms with van der Waals surface area (Å²) in [6.07, 6.45) is 0. The lowest BCUT2D eigenvalue weighted by molar-refractivity contribution is -0.132. The number of carbonyl (C=O) groups is 2. The summed E-state index contributed by atoms with van der Waals surface area (Å²) in [5, 5.41) is 2.90. The Balaban J connectivity index is 1.89. The molecule has 0 atom stereocenters. The normalized spacial score (nSPS) is 10.8. The zero-order chi connectivity index (χ0) is 20.7. The molecule has 5 nitrogen and oxygen atoms in total. The number of amides is 2. The van der Waals surface area contributed by atoms with E-state index >= 15 is 0 Å². The molecule has 0 aliphatic rings. The number of carbonyl (C=O) groups excluding carboxylic acids is 2. The molecule has 2 rings (SSSR count). The van der Waals surface area contributed by atoms with E-state index < -0.39 is 0 Å². The van der Waals surface area contributed by atoms with Crippen LogP contribution in [0.5, 0.6) is 0 Å². The minimum Gasteiger partial charge on any atom is -0.338 e. The summed E-state index contributed by atoms with van der Waals surface area (Å²) in [4.78, 5) is 28.2. The van der Waals surface area contributed by atoms with Crippen LogP contribution in [-0.2, 0) is 16.1 Å². The predicted octanol–water partition coefficient (Wildman–Crippen LogP) is 3.36. The average Bonchev–Trinajstić information content (AvgIpc) is 2.63. The fraction of sp³-hybridized carbons (Fsp3) is 0.364. The van der Waals surface area contributed by atoms with Crippen molar-refractivity contribution in [2.24, 2.45) is 0 Å². The molecule has 1 N–H and O–H groups in total. The maximum Gasteiger partial charge on any atom is 0.238 e. The highest BCUT2D eigenvalue weighted by molar-refractivity contribution is 5.93. The molecule has 2 aromatic rings. The lowest BCUT2D eigenvalue weighted by atomic mass is 10.1. The first-order chi connectivity index (χ1) is 13.3. The molecule has 0 fully saturated rings. The Labute approximate surface area is 166 Å². The molecular formula is C22H28FN3O2. The number of hydrogen-bond donors (Lipinski definition) is 1. The highest BCUT2D eigenvalue weighted by Crippen LogP contribution is 2.17. The van der Waals surface area contributed by atoms with Gasteiger partial charge >= 0.3 is 0 Å². The van der Waals surface area contributed by atoms with Gasteiger partial charge in [-0.15, -0.1) is 0 Å². The number of hydrogen-bond acceptors (Lipinski definition) is 3. The molecular weight excluding hydrogens is 357 g/mol. The van der Waals surface area contributed by atoms with Gasteiger partial charge in [-0.05, 0) is 62.7 Å². The number of rotatable bonds is 8. The fourth-order valence-corrected chi connectivity index (χ4v) is 2.94. The second-order valence-electron chi connectivity index (χ2n) is 7.01. The summed E-state index contributed by atoms with van der Waals surface area (Å²) >= 11 is 0. The summed E-state index contributed by atoms with van der Waals surface area (Å²) in [5.74, 6) is -0.591. The SMILES string of the molecule is CCN(Cc1cccc(F)c1)C(=O)CN(C)CC(=O)Nc1cccc(C)c1C. The zero-order valence-corrected chi connectivity index (χ0v) is 17.0. The van der Waals surface area contributed by atoms with E-state index in [4.69, 9.17) is 0 Å². The van der Waals surface area contributed by atoms with Crippen LogP contribution in [0.15, 0.2) is 42.5 Å². The number of anilines is 1. The highest BCUT2D eigenvalue weighted by atomic mass is 19.1. The van der Waals surface area contributed by atoms with Crippen LogP contribution in [0, 0.1) is 19.7 Å². The summed E-state index contributed by atoms with van der Waals surface area (Å²) in [7, 11) is 1.73.